The van der Waals surface area contributed by atoms with Crippen LogP contribution >= 0.6 is 11.8 Å². The van der Waals surface area contributed by atoms with Crippen molar-refractivity contribution in [2.24, 2.45) is 10.2 Å². The molecule has 0 bridgehead atoms. The van der Waals surface area contributed by atoms with Gasteiger partial charge in [-0.2, -0.15) is 5.10 Å². The highest BCUT2D eigenvalue weighted by Crippen LogP contribution is 2.26. The first-order chi connectivity index (χ1) is 14.9. The van der Waals surface area contributed by atoms with Crippen LogP contribution in [0.15, 0.2) is 46.6 Å². The summed E-state index contributed by atoms with van der Waals surface area (Å²) >= 11 is 1.05. The number of carboxylic acid groups (broad SMARTS) is 1. The molecule has 3 rings (SSSR count). The van der Waals surface area contributed by atoms with Crippen LogP contribution in [-0.2, 0) is 16.2 Å². The molecule has 31 heavy (non-hydrogen) atoms. The molecule has 1 amide bonds. The molecule has 2 aromatic rings. The predicted octanol–water partition coefficient (Wildman–Crippen LogP) is 3.29. The molecule has 1 fully saturated rings. The lowest BCUT2D eigenvalue weighted by molar-refractivity contribution is -0.138. The number of rotatable bonds is 8. The molecule has 1 aliphatic heterocycles. The number of hydrogen-bond acceptors (Lipinski definition) is 7. The Balaban J connectivity index is 1.70. The molecule has 1 heterocycles. The van der Waals surface area contributed by atoms with Gasteiger partial charge in [0.15, 0.2) is 5.17 Å². The Morgan fingerprint density at radius 1 is 1.26 bits per heavy atom. The Kier molecular flexibility index (Phi) is 7.30. The maximum atomic E-state index is 11.7. The van der Waals surface area contributed by atoms with Crippen LogP contribution < -0.4 is 14.8 Å². The van der Waals surface area contributed by atoms with Crippen molar-refractivity contribution in [3.05, 3.63) is 58.7 Å². The summed E-state index contributed by atoms with van der Waals surface area (Å²) < 4.78 is 11.5. The summed E-state index contributed by atoms with van der Waals surface area (Å²) in [7, 11) is 1.60. The van der Waals surface area contributed by atoms with E-state index in [0.29, 0.717) is 12.4 Å². The molecular formula is C22H23N3O5S. The first-order valence-corrected chi connectivity index (χ1v) is 10.4. The number of carboxylic acids is 1. The predicted molar refractivity (Wildman–Crippen MR) is 120 cm³/mol. The minimum Gasteiger partial charge on any atom is -0.496 e. The lowest BCUT2D eigenvalue weighted by atomic mass is 10.1. The summed E-state index contributed by atoms with van der Waals surface area (Å²) in [5.41, 5.74) is 3.75. The summed E-state index contributed by atoms with van der Waals surface area (Å²) in [6.07, 6.45) is 1.29. The number of thioether (sulfide) groups is 1. The number of para-hydroxylation sites is 1. The highest BCUT2D eigenvalue weighted by Gasteiger charge is 2.32. The second-order valence-electron chi connectivity index (χ2n) is 6.92. The molecule has 0 aromatic heterocycles. The number of methoxy groups -OCH3 is 1. The summed E-state index contributed by atoms with van der Waals surface area (Å²) in [6.45, 7) is 4.33. The number of carbonyl (C=O) groups excluding carboxylic acids is 1. The van der Waals surface area contributed by atoms with E-state index in [1.165, 1.54) is 0 Å². The molecule has 0 saturated carbocycles. The molecule has 8 nitrogen and oxygen atoms in total. The summed E-state index contributed by atoms with van der Waals surface area (Å²) in [4.78, 5) is 22.5. The summed E-state index contributed by atoms with van der Waals surface area (Å²) in [5, 5.41) is 18.9. The number of hydrogen-bond donors (Lipinski definition) is 2. The summed E-state index contributed by atoms with van der Waals surface area (Å²) in [5.74, 6) is 0.132. The molecule has 0 spiro atoms. The van der Waals surface area contributed by atoms with E-state index in [1.54, 1.807) is 13.3 Å². The van der Waals surface area contributed by atoms with Gasteiger partial charge in [-0.05, 0) is 48.7 Å². The Labute approximate surface area is 184 Å². The molecule has 0 aliphatic carbocycles. The second kappa shape index (κ2) is 10.1. The third kappa shape index (κ3) is 5.85. The lowest BCUT2D eigenvalue weighted by Crippen LogP contribution is -2.26. The highest BCUT2D eigenvalue weighted by molar-refractivity contribution is 8.15. The Morgan fingerprint density at radius 3 is 2.68 bits per heavy atom. The number of carbonyl (C=O) groups is 2. The number of aliphatic carboxylic acids is 1. The van der Waals surface area contributed by atoms with E-state index in [4.69, 9.17) is 14.6 Å². The van der Waals surface area contributed by atoms with Crippen molar-refractivity contribution in [3.63, 3.8) is 0 Å². The maximum Gasteiger partial charge on any atom is 0.305 e. The van der Waals surface area contributed by atoms with Crippen molar-refractivity contribution in [3.8, 4) is 11.5 Å². The number of ether oxygens (including phenoxy) is 2. The number of benzene rings is 2. The van der Waals surface area contributed by atoms with Gasteiger partial charge < -0.3 is 19.9 Å². The zero-order valence-corrected chi connectivity index (χ0v) is 18.2. The van der Waals surface area contributed by atoms with Crippen LogP contribution in [-0.4, -0.2) is 40.7 Å². The number of nitrogens with zero attached hydrogens (tertiary/aromatic N) is 2. The number of amides is 1. The van der Waals surface area contributed by atoms with Crippen LogP contribution in [0.5, 0.6) is 11.5 Å². The topological polar surface area (TPSA) is 110 Å². The van der Waals surface area contributed by atoms with Gasteiger partial charge in [0.1, 0.15) is 23.4 Å². The molecule has 1 unspecified atom stereocenters. The zero-order valence-electron chi connectivity index (χ0n) is 17.4. The largest absolute Gasteiger partial charge is 0.496 e. The molecule has 0 radical (unpaired) electrons. The van der Waals surface area contributed by atoms with Crippen molar-refractivity contribution in [1.29, 1.82) is 0 Å². The first kappa shape index (κ1) is 22.4. The van der Waals surface area contributed by atoms with E-state index >= 15 is 0 Å². The van der Waals surface area contributed by atoms with Gasteiger partial charge in [-0.25, -0.2) is 0 Å². The number of amidine groups is 1. The normalized spacial score (nSPS) is 17.2. The van der Waals surface area contributed by atoms with E-state index < -0.39 is 11.2 Å². The fourth-order valence-corrected chi connectivity index (χ4v) is 3.98. The van der Waals surface area contributed by atoms with E-state index in [-0.39, 0.29) is 17.5 Å². The van der Waals surface area contributed by atoms with Crippen molar-refractivity contribution in [2.45, 2.75) is 32.1 Å². The van der Waals surface area contributed by atoms with Gasteiger partial charge in [-0.3, -0.25) is 9.59 Å². The number of nitrogens with one attached hydrogen (secondary N) is 1. The Morgan fingerprint density at radius 2 is 2.00 bits per heavy atom. The van der Waals surface area contributed by atoms with Crippen LogP contribution in [0.1, 0.15) is 28.7 Å². The number of aryl methyl sites for hydroxylation is 2. The lowest BCUT2D eigenvalue weighted by Gasteiger charge is -2.14. The average Bonchev–Trinajstić information content (AvgIpc) is 3.06. The van der Waals surface area contributed by atoms with E-state index in [1.807, 2.05) is 50.2 Å². The standard InChI is InChI=1S/C22H23N3O5S/c1-13-5-4-6-14(2)20(13)30-12-16-9-15(7-8-17(16)29-3)11-23-25-22-24-21(28)18(31-22)10-19(26)27/h4-9,11,18H,10,12H2,1-3H3,(H,26,27)(H,24,25,28). The third-order valence-corrected chi connectivity index (χ3v) is 5.65. The van der Waals surface area contributed by atoms with Crippen LogP contribution in [0.2, 0.25) is 0 Å². The molecule has 2 N–H and O–H groups in total. The second-order valence-corrected chi connectivity index (χ2v) is 8.12. The van der Waals surface area contributed by atoms with Crippen LogP contribution in [0.3, 0.4) is 0 Å². The molecule has 162 valence electrons. The first-order valence-electron chi connectivity index (χ1n) is 9.53. The van der Waals surface area contributed by atoms with Crippen LogP contribution in [0.25, 0.3) is 0 Å². The van der Waals surface area contributed by atoms with Gasteiger partial charge in [0.25, 0.3) is 0 Å². The fourth-order valence-electron chi connectivity index (χ4n) is 3.06. The van der Waals surface area contributed by atoms with Gasteiger partial charge >= 0.3 is 5.97 Å². The van der Waals surface area contributed by atoms with E-state index in [9.17, 15) is 9.59 Å². The zero-order chi connectivity index (χ0) is 22.4. The Bertz CT molecular complexity index is 1030. The third-order valence-electron chi connectivity index (χ3n) is 4.58. The maximum absolute atomic E-state index is 11.7. The fraction of sp³-hybridized carbons (Fsp3) is 0.273. The smallest absolute Gasteiger partial charge is 0.305 e. The summed E-state index contributed by atoms with van der Waals surface area (Å²) in [6, 6.07) is 11.5. The molecule has 1 saturated heterocycles. The van der Waals surface area contributed by atoms with Gasteiger partial charge in [0, 0.05) is 5.56 Å². The van der Waals surface area contributed by atoms with Crippen molar-refractivity contribution in [1.82, 2.24) is 5.32 Å². The van der Waals surface area contributed by atoms with Gasteiger partial charge in [0.2, 0.25) is 5.91 Å². The van der Waals surface area contributed by atoms with Crippen LogP contribution in [0.4, 0.5) is 0 Å². The SMILES string of the molecule is COc1ccc(C=NN=C2NC(=O)C(CC(=O)O)S2)cc1COc1c(C)cccc1C. The molecule has 1 aliphatic rings. The van der Waals surface area contributed by atoms with Crippen molar-refractivity contribution < 1.29 is 24.2 Å². The quantitative estimate of drug-likeness (QED) is 0.481. The molecule has 9 heteroatoms. The van der Waals surface area contributed by atoms with Gasteiger partial charge in [0.05, 0.1) is 19.7 Å². The monoisotopic (exact) mass is 441 g/mol. The average molecular weight is 442 g/mol. The van der Waals surface area contributed by atoms with Crippen LogP contribution in [0, 0.1) is 13.8 Å². The Hall–Kier alpha value is -3.33. The minimum absolute atomic E-state index is 0.262. The van der Waals surface area contributed by atoms with Crippen molar-refractivity contribution in [2.75, 3.05) is 7.11 Å². The van der Waals surface area contributed by atoms with E-state index in [0.717, 1.165) is 39.8 Å². The van der Waals surface area contributed by atoms with Crippen molar-refractivity contribution >= 4 is 35.0 Å². The van der Waals surface area contributed by atoms with Gasteiger partial charge in [-0.15, -0.1) is 5.10 Å². The minimum atomic E-state index is -1.04. The molecule has 2 aromatic carbocycles. The highest BCUT2D eigenvalue weighted by atomic mass is 32.2. The molecule has 1 atom stereocenters. The van der Waals surface area contributed by atoms with Gasteiger partial charge in [-0.1, -0.05) is 30.0 Å². The van der Waals surface area contributed by atoms with E-state index in [2.05, 4.69) is 15.5 Å². The molecular weight excluding hydrogens is 418 g/mol.